The molecular weight excluding hydrogens is 403 g/mol. The van der Waals surface area contributed by atoms with E-state index < -0.39 is 41.9 Å². The van der Waals surface area contributed by atoms with E-state index in [1.165, 1.54) is 38.1 Å². The Kier molecular flexibility index (Phi) is 5.91. The van der Waals surface area contributed by atoms with Gasteiger partial charge in [0.2, 0.25) is 0 Å². The number of alkyl halides is 3. The highest BCUT2D eigenvalue weighted by molar-refractivity contribution is 7.92. The van der Waals surface area contributed by atoms with Gasteiger partial charge in [-0.3, -0.25) is 0 Å². The maximum absolute atomic E-state index is 12.9. The smallest absolute Gasteiger partial charge is 0.380 e. The third-order valence-corrected chi connectivity index (χ3v) is 7.16. The Balaban J connectivity index is 2.33. The molecule has 0 saturated carbocycles. The third kappa shape index (κ3) is 4.81. The maximum Gasteiger partial charge on any atom is 0.501 e. The van der Waals surface area contributed by atoms with Gasteiger partial charge in [-0.1, -0.05) is 24.3 Å². The number of aryl methyl sites for hydroxylation is 1. The van der Waals surface area contributed by atoms with Crippen LogP contribution in [0.3, 0.4) is 0 Å². The van der Waals surface area contributed by atoms with E-state index in [4.69, 9.17) is 0 Å². The van der Waals surface area contributed by atoms with E-state index in [0.717, 1.165) is 6.07 Å². The van der Waals surface area contributed by atoms with Crippen molar-refractivity contribution in [3.63, 3.8) is 0 Å². The monoisotopic (exact) mass is 421 g/mol. The van der Waals surface area contributed by atoms with Crippen LogP contribution in [0.15, 0.2) is 58.3 Å². The van der Waals surface area contributed by atoms with E-state index in [-0.39, 0.29) is 10.6 Å². The van der Waals surface area contributed by atoms with E-state index in [9.17, 15) is 30.0 Å². The molecule has 10 heteroatoms. The van der Waals surface area contributed by atoms with Crippen molar-refractivity contribution in [2.75, 3.05) is 11.1 Å². The number of benzene rings is 2. The minimum absolute atomic E-state index is 0.0747. The highest BCUT2D eigenvalue weighted by Gasteiger charge is 2.48. The number of hydrogen-bond acceptors (Lipinski definition) is 5. The van der Waals surface area contributed by atoms with Gasteiger partial charge >= 0.3 is 5.51 Å². The molecule has 0 unspecified atom stereocenters. The fourth-order valence-electron chi connectivity index (χ4n) is 2.46. The molecule has 0 fully saturated rings. The molecular formula is C17H18F3NO4S2. The Hall–Kier alpha value is -2.07. The summed E-state index contributed by atoms with van der Waals surface area (Å²) in [6.07, 6.45) is 0. The van der Waals surface area contributed by atoms with Gasteiger partial charge in [0.1, 0.15) is 0 Å². The van der Waals surface area contributed by atoms with Gasteiger partial charge in [-0.15, -0.1) is 0 Å². The summed E-state index contributed by atoms with van der Waals surface area (Å²) >= 11 is 0. The summed E-state index contributed by atoms with van der Waals surface area (Å²) in [7, 11) is -9.28. The molecule has 2 aromatic carbocycles. The molecule has 0 bridgehead atoms. The molecule has 0 aliphatic heterocycles. The van der Waals surface area contributed by atoms with Crippen LogP contribution in [0.25, 0.3) is 0 Å². The second-order valence-electron chi connectivity index (χ2n) is 6.09. The Morgan fingerprint density at radius 1 is 1.00 bits per heavy atom. The van der Waals surface area contributed by atoms with Crippen LogP contribution in [0, 0.1) is 6.92 Å². The molecule has 0 aliphatic carbocycles. The molecule has 0 radical (unpaired) electrons. The maximum atomic E-state index is 12.9. The van der Waals surface area contributed by atoms with Gasteiger partial charge < -0.3 is 5.32 Å². The Labute approximate surface area is 156 Å². The average molecular weight is 421 g/mol. The van der Waals surface area contributed by atoms with Crippen molar-refractivity contribution in [3.05, 3.63) is 54.1 Å². The number of sulfone groups is 2. The standard InChI is InChI=1S/C17H18F3NO4S2/c1-12-8-9-15(16(10-12)27(24,25)17(18,19)20)21-13(2)11-26(22,23)14-6-4-3-5-7-14/h3-10,13,21H,11H2,1-2H3/t13-/m1/s1. The first-order valence-electron chi connectivity index (χ1n) is 7.81. The zero-order valence-electron chi connectivity index (χ0n) is 14.5. The lowest BCUT2D eigenvalue weighted by molar-refractivity contribution is -0.0435. The van der Waals surface area contributed by atoms with Crippen LogP contribution >= 0.6 is 0 Å². The first kappa shape index (κ1) is 21.2. The van der Waals surface area contributed by atoms with E-state index >= 15 is 0 Å². The summed E-state index contributed by atoms with van der Waals surface area (Å²) in [6.45, 7) is 2.91. The van der Waals surface area contributed by atoms with Crippen LogP contribution in [0.1, 0.15) is 12.5 Å². The summed E-state index contributed by atoms with van der Waals surface area (Å²) in [5, 5.41) is 2.58. The van der Waals surface area contributed by atoms with Gasteiger partial charge in [-0.05, 0) is 43.7 Å². The van der Waals surface area contributed by atoms with E-state index in [0.29, 0.717) is 5.56 Å². The SMILES string of the molecule is Cc1ccc(N[C@H](C)CS(=O)(=O)c2ccccc2)c(S(=O)(=O)C(F)(F)F)c1. The van der Waals surface area contributed by atoms with Crippen LogP contribution < -0.4 is 5.32 Å². The lowest BCUT2D eigenvalue weighted by Crippen LogP contribution is -2.29. The molecule has 0 amide bonds. The van der Waals surface area contributed by atoms with Gasteiger partial charge in [-0.2, -0.15) is 13.2 Å². The molecule has 0 aliphatic rings. The zero-order valence-corrected chi connectivity index (χ0v) is 16.1. The van der Waals surface area contributed by atoms with E-state index in [1.807, 2.05) is 0 Å². The predicted octanol–water partition coefficient (Wildman–Crippen LogP) is 3.56. The first-order valence-corrected chi connectivity index (χ1v) is 10.9. The Morgan fingerprint density at radius 2 is 1.59 bits per heavy atom. The average Bonchev–Trinajstić information content (AvgIpc) is 2.55. The highest BCUT2D eigenvalue weighted by atomic mass is 32.2. The molecule has 2 rings (SSSR count). The number of rotatable bonds is 6. The topological polar surface area (TPSA) is 80.3 Å². The summed E-state index contributed by atoms with van der Waals surface area (Å²) in [5.74, 6) is -0.420. The van der Waals surface area contributed by atoms with E-state index in [1.54, 1.807) is 18.2 Å². The van der Waals surface area contributed by atoms with Gasteiger partial charge in [0, 0.05) is 6.04 Å². The molecule has 148 valence electrons. The highest BCUT2D eigenvalue weighted by Crippen LogP contribution is 2.35. The second kappa shape index (κ2) is 7.51. The molecule has 2 aromatic rings. The summed E-state index contributed by atoms with van der Waals surface area (Å²) in [4.78, 5) is -0.857. The molecule has 0 aromatic heterocycles. The zero-order chi connectivity index (χ0) is 20.5. The molecule has 1 atom stereocenters. The minimum atomic E-state index is -5.58. The Bertz CT molecular complexity index is 1020. The van der Waals surface area contributed by atoms with Crippen molar-refractivity contribution in [2.24, 2.45) is 0 Å². The first-order chi connectivity index (χ1) is 12.3. The fraction of sp³-hybridized carbons (Fsp3) is 0.294. The lowest BCUT2D eigenvalue weighted by Gasteiger charge is -2.19. The summed E-state index contributed by atoms with van der Waals surface area (Å²) < 4.78 is 87.3. The van der Waals surface area contributed by atoms with Crippen LogP contribution in [0.5, 0.6) is 0 Å². The molecule has 27 heavy (non-hydrogen) atoms. The molecule has 5 nitrogen and oxygen atoms in total. The van der Waals surface area contributed by atoms with Crippen molar-refractivity contribution >= 4 is 25.4 Å². The van der Waals surface area contributed by atoms with Crippen LogP contribution in [0.2, 0.25) is 0 Å². The van der Waals surface area contributed by atoms with Crippen molar-refractivity contribution < 1.29 is 30.0 Å². The molecule has 0 saturated heterocycles. The van der Waals surface area contributed by atoms with Crippen molar-refractivity contribution in [1.82, 2.24) is 0 Å². The minimum Gasteiger partial charge on any atom is -0.380 e. The van der Waals surface area contributed by atoms with Crippen molar-refractivity contribution in [1.29, 1.82) is 0 Å². The van der Waals surface area contributed by atoms with Crippen LogP contribution in [0.4, 0.5) is 18.9 Å². The quantitative estimate of drug-likeness (QED) is 0.771. The third-order valence-electron chi connectivity index (χ3n) is 3.70. The summed E-state index contributed by atoms with van der Waals surface area (Å²) in [5.41, 5.74) is -5.43. The number of halogens is 3. The molecule has 0 spiro atoms. The van der Waals surface area contributed by atoms with Gasteiger partial charge in [0.05, 0.1) is 21.2 Å². The van der Waals surface area contributed by atoms with Crippen LogP contribution in [-0.4, -0.2) is 34.1 Å². The molecule has 0 heterocycles. The van der Waals surface area contributed by atoms with Crippen molar-refractivity contribution in [3.8, 4) is 0 Å². The molecule has 1 N–H and O–H groups in total. The number of hydrogen-bond donors (Lipinski definition) is 1. The fourth-order valence-corrected chi connectivity index (χ4v) is 4.97. The van der Waals surface area contributed by atoms with Crippen LogP contribution in [-0.2, 0) is 19.7 Å². The Morgan fingerprint density at radius 3 is 2.15 bits per heavy atom. The predicted molar refractivity (Wildman–Crippen MR) is 96.0 cm³/mol. The van der Waals surface area contributed by atoms with Crippen molar-refractivity contribution in [2.45, 2.75) is 35.2 Å². The summed E-state index contributed by atoms with van der Waals surface area (Å²) in [6, 6.07) is 10.3. The lowest BCUT2D eigenvalue weighted by atomic mass is 10.2. The largest absolute Gasteiger partial charge is 0.501 e. The van der Waals surface area contributed by atoms with Gasteiger partial charge in [-0.25, -0.2) is 16.8 Å². The number of anilines is 1. The van der Waals surface area contributed by atoms with Gasteiger partial charge in [0.25, 0.3) is 9.84 Å². The normalized spacial score (nSPS) is 14.0. The van der Waals surface area contributed by atoms with E-state index in [2.05, 4.69) is 5.32 Å². The van der Waals surface area contributed by atoms with Gasteiger partial charge in [0.15, 0.2) is 9.84 Å². The second-order valence-corrected chi connectivity index (χ2v) is 10.0. The number of nitrogens with one attached hydrogen (secondary N) is 1.